The lowest BCUT2D eigenvalue weighted by atomic mass is 10.2. The highest BCUT2D eigenvalue weighted by atomic mass is 35.5. The molecule has 0 unspecified atom stereocenters. The molecule has 0 saturated heterocycles. The summed E-state index contributed by atoms with van der Waals surface area (Å²) >= 11 is 5.76. The van der Waals surface area contributed by atoms with Gasteiger partial charge in [-0.15, -0.1) is 0 Å². The second kappa shape index (κ2) is 6.81. The van der Waals surface area contributed by atoms with Crippen LogP contribution in [-0.4, -0.2) is 30.0 Å². The van der Waals surface area contributed by atoms with Gasteiger partial charge in [-0.3, -0.25) is 9.59 Å². The van der Waals surface area contributed by atoms with Crippen LogP contribution in [-0.2, 0) is 0 Å². The van der Waals surface area contributed by atoms with E-state index in [-0.39, 0.29) is 36.1 Å². The summed E-state index contributed by atoms with van der Waals surface area (Å²) in [6.45, 7) is 0.434. The summed E-state index contributed by atoms with van der Waals surface area (Å²) < 4.78 is 4.92. The van der Waals surface area contributed by atoms with Gasteiger partial charge >= 0.3 is 0 Å². The minimum Gasteiger partial charge on any atom is -0.507 e. The Kier molecular flexibility index (Phi) is 4.84. The van der Waals surface area contributed by atoms with Gasteiger partial charge in [-0.1, -0.05) is 11.6 Å². The highest BCUT2D eigenvalue weighted by Crippen LogP contribution is 2.21. The van der Waals surface area contributed by atoms with E-state index >= 15 is 0 Å². The van der Waals surface area contributed by atoms with Crippen molar-refractivity contribution < 1.29 is 19.1 Å². The van der Waals surface area contributed by atoms with Gasteiger partial charge in [0, 0.05) is 18.1 Å². The molecule has 0 saturated carbocycles. The molecule has 0 fully saturated rings. The predicted octanol–water partition coefficient (Wildman–Crippen LogP) is 1.80. The molecule has 21 heavy (non-hydrogen) atoms. The summed E-state index contributed by atoms with van der Waals surface area (Å²) in [4.78, 5) is 23.4. The number of rotatable bonds is 5. The van der Waals surface area contributed by atoms with Crippen molar-refractivity contribution in [3.8, 4) is 5.75 Å². The van der Waals surface area contributed by atoms with Crippen molar-refractivity contribution in [1.29, 1.82) is 0 Å². The van der Waals surface area contributed by atoms with Gasteiger partial charge in [0.15, 0.2) is 5.76 Å². The molecule has 6 nitrogen and oxygen atoms in total. The van der Waals surface area contributed by atoms with Crippen LogP contribution in [0.25, 0.3) is 0 Å². The molecule has 0 radical (unpaired) electrons. The summed E-state index contributed by atoms with van der Waals surface area (Å²) in [6, 6.07) is 7.34. The van der Waals surface area contributed by atoms with E-state index in [1.165, 1.54) is 30.5 Å². The molecule has 2 aromatic rings. The minimum atomic E-state index is -0.470. The lowest BCUT2D eigenvalue weighted by Crippen LogP contribution is -2.34. The first-order valence-corrected chi connectivity index (χ1v) is 6.54. The number of phenolic OH excluding ortho intramolecular Hbond substituents is 1. The zero-order valence-corrected chi connectivity index (χ0v) is 11.7. The fourth-order valence-electron chi connectivity index (χ4n) is 1.63. The largest absolute Gasteiger partial charge is 0.507 e. The molecule has 0 spiro atoms. The third-order valence-corrected chi connectivity index (χ3v) is 2.88. The number of amides is 2. The van der Waals surface area contributed by atoms with Gasteiger partial charge in [0.2, 0.25) is 0 Å². The third-order valence-electron chi connectivity index (χ3n) is 2.64. The van der Waals surface area contributed by atoms with E-state index in [2.05, 4.69) is 10.6 Å². The Hall–Kier alpha value is -2.47. The average Bonchev–Trinajstić information content (AvgIpc) is 3.00. The van der Waals surface area contributed by atoms with Gasteiger partial charge in [-0.25, -0.2) is 0 Å². The molecule has 0 atom stereocenters. The quantitative estimate of drug-likeness (QED) is 0.734. The Morgan fingerprint density at radius 1 is 1.14 bits per heavy atom. The van der Waals surface area contributed by atoms with Crippen molar-refractivity contribution in [3.05, 3.63) is 52.9 Å². The molecule has 2 rings (SSSR count). The number of halogens is 1. The number of hydrogen-bond donors (Lipinski definition) is 3. The predicted molar refractivity (Wildman–Crippen MR) is 76.5 cm³/mol. The normalized spacial score (nSPS) is 10.1. The Morgan fingerprint density at radius 3 is 2.52 bits per heavy atom. The summed E-state index contributed by atoms with van der Waals surface area (Å²) in [5.41, 5.74) is 0.0832. The first-order chi connectivity index (χ1) is 10.1. The van der Waals surface area contributed by atoms with Gasteiger partial charge in [-0.2, -0.15) is 0 Å². The first-order valence-electron chi connectivity index (χ1n) is 6.16. The second-order valence-electron chi connectivity index (χ2n) is 4.15. The maximum Gasteiger partial charge on any atom is 0.287 e. The van der Waals surface area contributed by atoms with Crippen LogP contribution in [0.2, 0.25) is 5.02 Å². The monoisotopic (exact) mass is 308 g/mol. The summed E-state index contributed by atoms with van der Waals surface area (Å²) in [6.07, 6.45) is 1.40. The first kappa shape index (κ1) is 14.9. The Labute approximate surface area is 125 Å². The highest BCUT2D eigenvalue weighted by molar-refractivity contribution is 6.31. The van der Waals surface area contributed by atoms with Crippen molar-refractivity contribution in [3.63, 3.8) is 0 Å². The van der Waals surface area contributed by atoms with Crippen molar-refractivity contribution in [2.24, 2.45) is 0 Å². The Morgan fingerprint density at radius 2 is 1.86 bits per heavy atom. The van der Waals surface area contributed by atoms with Crippen LogP contribution in [0.15, 0.2) is 41.0 Å². The average molecular weight is 309 g/mol. The fraction of sp³-hybridized carbons (Fsp3) is 0.143. The number of aromatic hydroxyl groups is 1. The van der Waals surface area contributed by atoms with Crippen LogP contribution in [0.3, 0.4) is 0 Å². The molecular formula is C14H13ClN2O4. The number of furan rings is 1. The van der Waals surface area contributed by atoms with Crippen LogP contribution < -0.4 is 10.6 Å². The van der Waals surface area contributed by atoms with Gasteiger partial charge in [0.1, 0.15) is 5.75 Å². The molecule has 0 aliphatic heterocycles. The molecule has 0 aliphatic carbocycles. The number of nitrogens with one attached hydrogen (secondary N) is 2. The van der Waals surface area contributed by atoms with E-state index in [0.29, 0.717) is 5.02 Å². The van der Waals surface area contributed by atoms with Gasteiger partial charge < -0.3 is 20.2 Å². The van der Waals surface area contributed by atoms with Crippen LogP contribution in [0.5, 0.6) is 5.75 Å². The van der Waals surface area contributed by atoms with E-state index in [9.17, 15) is 14.7 Å². The number of phenols is 1. The van der Waals surface area contributed by atoms with Crippen molar-refractivity contribution in [2.75, 3.05) is 13.1 Å². The number of hydrogen-bond acceptors (Lipinski definition) is 4. The molecular weight excluding hydrogens is 296 g/mol. The molecule has 1 heterocycles. The summed E-state index contributed by atoms with van der Waals surface area (Å²) in [5.74, 6) is -0.785. The number of carbonyl (C=O) groups is 2. The van der Waals surface area contributed by atoms with Crippen LogP contribution in [0.4, 0.5) is 0 Å². The SMILES string of the molecule is O=C(NCCNC(=O)c1cc(Cl)ccc1O)c1ccco1. The lowest BCUT2D eigenvalue weighted by molar-refractivity contribution is 0.0909. The zero-order valence-electron chi connectivity index (χ0n) is 10.9. The molecule has 3 N–H and O–H groups in total. The summed E-state index contributed by atoms with van der Waals surface area (Å²) in [5, 5.41) is 15.1. The zero-order chi connectivity index (χ0) is 15.2. The van der Waals surface area contributed by atoms with Gasteiger partial charge in [-0.05, 0) is 30.3 Å². The van der Waals surface area contributed by atoms with E-state index in [4.69, 9.17) is 16.0 Å². The second-order valence-corrected chi connectivity index (χ2v) is 4.59. The molecule has 110 valence electrons. The maximum absolute atomic E-state index is 11.8. The number of carbonyl (C=O) groups excluding carboxylic acids is 2. The summed E-state index contributed by atoms with van der Waals surface area (Å²) in [7, 11) is 0. The van der Waals surface area contributed by atoms with Crippen LogP contribution in [0.1, 0.15) is 20.9 Å². The van der Waals surface area contributed by atoms with E-state index in [0.717, 1.165) is 0 Å². The molecule has 0 aliphatic rings. The standard InChI is InChI=1S/C14H13ClN2O4/c15-9-3-4-11(18)10(8-9)13(19)16-5-6-17-14(20)12-2-1-7-21-12/h1-4,7-8,18H,5-6H2,(H,16,19)(H,17,20). The van der Waals surface area contributed by atoms with E-state index < -0.39 is 5.91 Å². The molecule has 1 aromatic carbocycles. The van der Waals surface area contributed by atoms with Crippen LogP contribution in [0, 0.1) is 0 Å². The van der Waals surface area contributed by atoms with Crippen LogP contribution >= 0.6 is 11.6 Å². The molecule has 0 bridgehead atoms. The van der Waals surface area contributed by atoms with Crippen molar-refractivity contribution in [2.45, 2.75) is 0 Å². The van der Waals surface area contributed by atoms with E-state index in [1.54, 1.807) is 6.07 Å². The lowest BCUT2D eigenvalue weighted by Gasteiger charge is -2.07. The Bertz CT molecular complexity index is 640. The maximum atomic E-state index is 11.8. The Balaban J connectivity index is 1.79. The minimum absolute atomic E-state index is 0.0832. The number of benzene rings is 1. The topological polar surface area (TPSA) is 91.6 Å². The van der Waals surface area contributed by atoms with Crippen molar-refractivity contribution in [1.82, 2.24) is 10.6 Å². The smallest absolute Gasteiger partial charge is 0.287 e. The molecule has 2 amide bonds. The van der Waals surface area contributed by atoms with Gasteiger partial charge in [0.25, 0.3) is 11.8 Å². The molecule has 1 aromatic heterocycles. The fourth-order valence-corrected chi connectivity index (χ4v) is 1.80. The third kappa shape index (κ3) is 4.00. The van der Waals surface area contributed by atoms with E-state index in [1.807, 2.05) is 0 Å². The molecule has 7 heteroatoms. The van der Waals surface area contributed by atoms with Crippen molar-refractivity contribution >= 4 is 23.4 Å². The van der Waals surface area contributed by atoms with Gasteiger partial charge in [0.05, 0.1) is 11.8 Å². The highest BCUT2D eigenvalue weighted by Gasteiger charge is 2.12.